The third-order valence-corrected chi connectivity index (χ3v) is 4.59. The van der Waals surface area contributed by atoms with Crippen LogP contribution < -0.4 is 15.4 Å². The van der Waals surface area contributed by atoms with Crippen molar-refractivity contribution in [1.82, 2.24) is 0 Å². The smallest absolute Gasteiger partial charge is 0.294 e. The maximum Gasteiger partial charge on any atom is 0.294 e. The van der Waals surface area contributed by atoms with Crippen LogP contribution in [0.1, 0.15) is 50.7 Å². The SMILES string of the molecule is CCCCN1C(=O)/C(=C\c2ccc(C(C)C)cc2)Oc2ccc(N)cc21. The van der Waals surface area contributed by atoms with Gasteiger partial charge in [-0.15, -0.1) is 0 Å². The fourth-order valence-electron chi connectivity index (χ4n) is 2.99. The van der Waals surface area contributed by atoms with Crippen LogP contribution in [0.25, 0.3) is 6.08 Å². The molecule has 0 spiro atoms. The first-order chi connectivity index (χ1) is 12.5. The van der Waals surface area contributed by atoms with Crippen molar-refractivity contribution in [3.05, 3.63) is 59.4 Å². The molecule has 1 amide bonds. The van der Waals surface area contributed by atoms with Crippen molar-refractivity contribution in [2.45, 2.75) is 39.5 Å². The van der Waals surface area contributed by atoms with Gasteiger partial charge in [-0.05, 0) is 47.7 Å². The number of ether oxygens (including phenoxy) is 1. The van der Waals surface area contributed by atoms with Gasteiger partial charge < -0.3 is 15.4 Å². The maximum absolute atomic E-state index is 13.0. The first kappa shape index (κ1) is 18.1. The molecular formula is C22H26N2O2. The topological polar surface area (TPSA) is 55.6 Å². The van der Waals surface area contributed by atoms with Gasteiger partial charge in [0.1, 0.15) is 0 Å². The van der Waals surface area contributed by atoms with E-state index in [1.807, 2.05) is 24.3 Å². The number of amides is 1. The Morgan fingerprint density at radius 3 is 2.54 bits per heavy atom. The molecule has 1 aliphatic rings. The molecule has 2 aromatic rings. The predicted octanol–water partition coefficient (Wildman–Crippen LogP) is 4.96. The van der Waals surface area contributed by atoms with Gasteiger partial charge in [0.2, 0.25) is 0 Å². The van der Waals surface area contributed by atoms with E-state index in [0.717, 1.165) is 24.1 Å². The Hall–Kier alpha value is -2.75. The van der Waals surface area contributed by atoms with Gasteiger partial charge in [0, 0.05) is 12.2 Å². The van der Waals surface area contributed by atoms with Crippen LogP contribution in [0.3, 0.4) is 0 Å². The molecule has 0 bridgehead atoms. The van der Waals surface area contributed by atoms with Crippen LogP contribution in [0.15, 0.2) is 48.2 Å². The third-order valence-electron chi connectivity index (χ3n) is 4.59. The van der Waals surface area contributed by atoms with Crippen LogP contribution in [0.2, 0.25) is 0 Å². The van der Waals surface area contributed by atoms with Crippen molar-refractivity contribution in [1.29, 1.82) is 0 Å². The minimum Gasteiger partial charge on any atom is -0.449 e. The van der Waals surface area contributed by atoms with Crippen LogP contribution in [-0.2, 0) is 4.79 Å². The highest BCUT2D eigenvalue weighted by molar-refractivity contribution is 6.10. The number of nitrogen functional groups attached to an aromatic ring is 1. The van der Waals surface area contributed by atoms with Crippen molar-refractivity contribution >= 4 is 23.4 Å². The minimum absolute atomic E-state index is 0.121. The van der Waals surface area contributed by atoms with E-state index < -0.39 is 0 Å². The van der Waals surface area contributed by atoms with Gasteiger partial charge >= 0.3 is 0 Å². The number of fused-ring (bicyclic) bond motifs is 1. The van der Waals surface area contributed by atoms with Crippen LogP contribution >= 0.6 is 0 Å². The Morgan fingerprint density at radius 1 is 1.15 bits per heavy atom. The molecule has 26 heavy (non-hydrogen) atoms. The van der Waals surface area contributed by atoms with E-state index in [9.17, 15) is 4.79 Å². The quantitative estimate of drug-likeness (QED) is 0.612. The molecule has 4 heteroatoms. The van der Waals surface area contributed by atoms with E-state index in [1.54, 1.807) is 17.0 Å². The lowest BCUT2D eigenvalue weighted by Gasteiger charge is -2.30. The Kier molecular flexibility index (Phi) is 5.31. The van der Waals surface area contributed by atoms with Crippen LogP contribution in [0, 0.1) is 0 Å². The van der Waals surface area contributed by atoms with Gasteiger partial charge in [0.05, 0.1) is 5.69 Å². The lowest BCUT2D eigenvalue weighted by molar-refractivity contribution is -0.117. The molecule has 4 nitrogen and oxygen atoms in total. The molecule has 0 unspecified atom stereocenters. The lowest BCUT2D eigenvalue weighted by atomic mass is 10.0. The van der Waals surface area contributed by atoms with Crippen molar-refractivity contribution < 1.29 is 9.53 Å². The molecule has 2 aromatic carbocycles. The number of carbonyl (C=O) groups is 1. The first-order valence-electron chi connectivity index (χ1n) is 9.20. The zero-order valence-electron chi connectivity index (χ0n) is 15.7. The molecular weight excluding hydrogens is 324 g/mol. The largest absolute Gasteiger partial charge is 0.449 e. The monoisotopic (exact) mass is 350 g/mol. The second kappa shape index (κ2) is 7.65. The van der Waals surface area contributed by atoms with Gasteiger partial charge in [-0.2, -0.15) is 0 Å². The van der Waals surface area contributed by atoms with Crippen molar-refractivity contribution in [2.75, 3.05) is 17.2 Å². The molecule has 0 saturated heterocycles. The molecule has 0 saturated carbocycles. The average molecular weight is 350 g/mol. The van der Waals surface area contributed by atoms with Crippen molar-refractivity contribution in [2.24, 2.45) is 0 Å². The summed E-state index contributed by atoms with van der Waals surface area (Å²) >= 11 is 0. The predicted molar refractivity (Wildman–Crippen MR) is 107 cm³/mol. The number of nitrogens with two attached hydrogens (primary N) is 1. The van der Waals surface area contributed by atoms with Crippen LogP contribution in [0.5, 0.6) is 5.75 Å². The van der Waals surface area contributed by atoms with E-state index in [4.69, 9.17) is 10.5 Å². The molecule has 1 heterocycles. The Balaban J connectivity index is 1.95. The molecule has 0 aliphatic carbocycles. The standard InChI is InChI=1S/C22H26N2O2/c1-4-5-12-24-19-14-18(23)10-11-20(19)26-21(22(24)25)13-16-6-8-17(9-7-16)15(2)3/h6-11,13-15H,4-5,12,23H2,1-3H3/b21-13+. The zero-order valence-corrected chi connectivity index (χ0v) is 15.7. The Bertz CT molecular complexity index is 823. The van der Waals surface area contributed by atoms with Crippen LogP contribution in [-0.4, -0.2) is 12.5 Å². The normalized spacial score (nSPS) is 15.3. The summed E-state index contributed by atoms with van der Waals surface area (Å²) < 4.78 is 5.91. The fourth-order valence-corrected chi connectivity index (χ4v) is 2.99. The molecule has 2 N–H and O–H groups in total. The number of rotatable bonds is 5. The minimum atomic E-state index is -0.121. The number of carbonyl (C=O) groups excluding carboxylic acids is 1. The lowest BCUT2D eigenvalue weighted by Crippen LogP contribution is -2.38. The summed E-state index contributed by atoms with van der Waals surface area (Å²) in [4.78, 5) is 14.7. The van der Waals surface area contributed by atoms with E-state index >= 15 is 0 Å². The molecule has 0 radical (unpaired) electrons. The summed E-state index contributed by atoms with van der Waals surface area (Å²) in [6, 6.07) is 13.6. The zero-order chi connectivity index (χ0) is 18.7. The van der Waals surface area contributed by atoms with E-state index in [2.05, 4.69) is 32.9 Å². The average Bonchev–Trinajstić information content (AvgIpc) is 2.63. The van der Waals surface area contributed by atoms with Gasteiger partial charge in [-0.1, -0.05) is 51.5 Å². The summed E-state index contributed by atoms with van der Waals surface area (Å²) in [7, 11) is 0. The molecule has 3 rings (SSSR count). The molecule has 0 fully saturated rings. The van der Waals surface area contributed by atoms with Crippen molar-refractivity contribution in [3.8, 4) is 5.75 Å². The summed E-state index contributed by atoms with van der Waals surface area (Å²) in [5, 5.41) is 0. The van der Waals surface area contributed by atoms with E-state index in [1.165, 1.54) is 5.56 Å². The van der Waals surface area contributed by atoms with Gasteiger partial charge in [0.25, 0.3) is 5.91 Å². The number of hydrogen-bond donors (Lipinski definition) is 1. The summed E-state index contributed by atoms with van der Waals surface area (Å²) in [6.45, 7) is 7.09. The molecule has 0 atom stereocenters. The highest BCUT2D eigenvalue weighted by Gasteiger charge is 2.30. The van der Waals surface area contributed by atoms with E-state index in [-0.39, 0.29) is 5.91 Å². The van der Waals surface area contributed by atoms with Gasteiger partial charge in [0.15, 0.2) is 11.5 Å². The Labute approximate surface area is 155 Å². The second-order valence-corrected chi connectivity index (χ2v) is 6.97. The number of anilines is 2. The maximum atomic E-state index is 13.0. The molecule has 1 aliphatic heterocycles. The number of benzene rings is 2. The molecule has 0 aromatic heterocycles. The fraction of sp³-hybridized carbons (Fsp3) is 0.318. The first-order valence-corrected chi connectivity index (χ1v) is 9.20. The van der Waals surface area contributed by atoms with E-state index in [0.29, 0.717) is 29.7 Å². The summed E-state index contributed by atoms with van der Waals surface area (Å²) in [5.74, 6) is 1.37. The van der Waals surface area contributed by atoms with Gasteiger partial charge in [-0.25, -0.2) is 0 Å². The molecule has 136 valence electrons. The summed E-state index contributed by atoms with van der Waals surface area (Å²) in [6.07, 6.45) is 3.75. The highest BCUT2D eigenvalue weighted by Crippen LogP contribution is 2.37. The summed E-state index contributed by atoms with van der Waals surface area (Å²) in [5.41, 5.74) is 9.50. The van der Waals surface area contributed by atoms with Crippen molar-refractivity contribution in [3.63, 3.8) is 0 Å². The van der Waals surface area contributed by atoms with Crippen LogP contribution in [0.4, 0.5) is 11.4 Å². The van der Waals surface area contributed by atoms with Gasteiger partial charge in [-0.3, -0.25) is 4.79 Å². The number of nitrogens with zero attached hydrogens (tertiary/aromatic N) is 1. The third kappa shape index (κ3) is 3.74. The second-order valence-electron chi connectivity index (χ2n) is 6.97. The number of hydrogen-bond acceptors (Lipinski definition) is 3. The highest BCUT2D eigenvalue weighted by atomic mass is 16.5. The Morgan fingerprint density at radius 2 is 1.88 bits per heavy atom. The number of unbranched alkanes of at least 4 members (excludes halogenated alkanes) is 1.